The molecule has 3 aromatic carbocycles. The van der Waals surface area contributed by atoms with Crippen LogP contribution in [0.25, 0.3) is 0 Å². The number of rotatable bonds is 8. The number of nitrogens with two attached hydrogens (primary N) is 1. The molecule has 0 unspecified atom stereocenters. The fourth-order valence-corrected chi connectivity index (χ4v) is 3.24. The Morgan fingerprint density at radius 2 is 1.56 bits per heavy atom. The first-order chi connectivity index (χ1) is 16.4. The van der Waals surface area contributed by atoms with Gasteiger partial charge in [-0.15, -0.1) is 0 Å². The summed E-state index contributed by atoms with van der Waals surface area (Å²) in [5, 5.41) is 18.2. The Bertz CT molecular complexity index is 1150. The second-order valence-corrected chi connectivity index (χ2v) is 7.45. The fourth-order valence-electron chi connectivity index (χ4n) is 3.24. The van der Waals surface area contributed by atoms with E-state index >= 15 is 0 Å². The molecule has 9 nitrogen and oxygen atoms in total. The molecular formula is C25H26N4O5. The Labute approximate surface area is 196 Å². The molecule has 34 heavy (non-hydrogen) atoms. The van der Waals surface area contributed by atoms with Crippen molar-refractivity contribution in [3.8, 4) is 5.75 Å². The number of anilines is 2. The average molecular weight is 463 g/mol. The van der Waals surface area contributed by atoms with Crippen LogP contribution in [0.4, 0.5) is 16.2 Å². The van der Waals surface area contributed by atoms with Gasteiger partial charge in [0.25, 0.3) is 5.91 Å². The maximum absolute atomic E-state index is 12.7. The minimum Gasteiger partial charge on any atom is -0.507 e. The average Bonchev–Trinajstić information content (AvgIpc) is 2.84. The molecule has 6 N–H and O–H groups in total. The maximum atomic E-state index is 12.7. The molecular weight excluding hydrogens is 436 g/mol. The van der Waals surface area contributed by atoms with Crippen LogP contribution >= 0.6 is 0 Å². The van der Waals surface area contributed by atoms with Gasteiger partial charge in [-0.1, -0.05) is 42.5 Å². The first kappa shape index (κ1) is 24.3. The topological polar surface area (TPSA) is 143 Å². The zero-order chi connectivity index (χ0) is 24.5. The van der Waals surface area contributed by atoms with E-state index in [2.05, 4.69) is 16.0 Å². The molecule has 3 aromatic rings. The number of esters is 1. The number of benzene rings is 3. The Balaban J connectivity index is 1.64. The number of nitrogens with one attached hydrogen (secondary N) is 3. The van der Waals surface area contributed by atoms with Crippen molar-refractivity contribution in [1.29, 1.82) is 0 Å². The van der Waals surface area contributed by atoms with Crippen LogP contribution in [0.3, 0.4) is 0 Å². The molecule has 0 aliphatic rings. The summed E-state index contributed by atoms with van der Waals surface area (Å²) in [6.45, 7) is 0.401. The number of ether oxygens (including phenoxy) is 1. The molecule has 3 rings (SSSR count). The van der Waals surface area contributed by atoms with Gasteiger partial charge < -0.3 is 31.5 Å². The predicted octanol–water partition coefficient (Wildman–Crippen LogP) is 3.01. The van der Waals surface area contributed by atoms with Crippen molar-refractivity contribution in [3.63, 3.8) is 0 Å². The van der Waals surface area contributed by atoms with E-state index in [-0.39, 0.29) is 23.4 Å². The van der Waals surface area contributed by atoms with Gasteiger partial charge in [-0.2, -0.15) is 0 Å². The number of aromatic hydroxyl groups is 1. The van der Waals surface area contributed by atoms with E-state index in [1.165, 1.54) is 25.3 Å². The summed E-state index contributed by atoms with van der Waals surface area (Å²) in [6, 6.07) is 18.8. The molecule has 0 bridgehead atoms. The second kappa shape index (κ2) is 11.5. The summed E-state index contributed by atoms with van der Waals surface area (Å²) >= 11 is 0. The molecule has 0 radical (unpaired) electrons. The molecule has 1 atom stereocenters. The summed E-state index contributed by atoms with van der Waals surface area (Å²) in [6.07, 6.45) is 0.228. The predicted molar refractivity (Wildman–Crippen MR) is 128 cm³/mol. The van der Waals surface area contributed by atoms with Crippen LogP contribution in [0.5, 0.6) is 5.75 Å². The maximum Gasteiger partial charge on any atom is 0.328 e. The van der Waals surface area contributed by atoms with Crippen LogP contribution in [-0.2, 0) is 22.5 Å². The van der Waals surface area contributed by atoms with Crippen molar-refractivity contribution in [1.82, 2.24) is 5.32 Å². The molecule has 0 aliphatic heterocycles. The van der Waals surface area contributed by atoms with Crippen molar-refractivity contribution in [2.24, 2.45) is 5.73 Å². The lowest BCUT2D eigenvalue weighted by molar-refractivity contribution is -0.142. The third-order valence-corrected chi connectivity index (χ3v) is 5.02. The first-order valence-corrected chi connectivity index (χ1v) is 10.5. The first-order valence-electron chi connectivity index (χ1n) is 10.5. The van der Waals surface area contributed by atoms with Crippen molar-refractivity contribution in [2.75, 3.05) is 17.7 Å². The van der Waals surface area contributed by atoms with Crippen LogP contribution in [0.15, 0.2) is 72.8 Å². The van der Waals surface area contributed by atoms with Gasteiger partial charge in [-0.05, 0) is 35.4 Å². The molecule has 9 heteroatoms. The molecule has 3 amide bonds. The van der Waals surface area contributed by atoms with Gasteiger partial charge in [-0.25, -0.2) is 9.59 Å². The Morgan fingerprint density at radius 3 is 2.18 bits per heavy atom. The van der Waals surface area contributed by atoms with Gasteiger partial charge in [0.05, 0.1) is 12.7 Å². The van der Waals surface area contributed by atoms with Crippen molar-refractivity contribution in [2.45, 2.75) is 19.0 Å². The quantitative estimate of drug-likeness (QED) is 0.326. The number of urea groups is 1. The lowest BCUT2D eigenvalue weighted by atomic mass is 10.1. The Hall–Kier alpha value is -4.37. The van der Waals surface area contributed by atoms with Crippen LogP contribution in [0, 0.1) is 0 Å². The van der Waals surface area contributed by atoms with Crippen molar-refractivity contribution >= 4 is 29.3 Å². The van der Waals surface area contributed by atoms with E-state index in [1.807, 2.05) is 30.3 Å². The zero-order valence-corrected chi connectivity index (χ0v) is 18.6. The number of phenols is 1. The summed E-state index contributed by atoms with van der Waals surface area (Å²) in [5.41, 5.74) is 8.13. The van der Waals surface area contributed by atoms with Crippen molar-refractivity contribution in [3.05, 3.63) is 89.5 Å². The molecule has 0 aliphatic carbocycles. The molecule has 0 spiro atoms. The second-order valence-electron chi connectivity index (χ2n) is 7.45. The number of carbonyl (C=O) groups is 3. The highest BCUT2D eigenvalue weighted by Gasteiger charge is 2.24. The molecule has 0 saturated carbocycles. The molecule has 0 aromatic heterocycles. The monoisotopic (exact) mass is 462 g/mol. The molecule has 0 fully saturated rings. The number of amides is 3. The van der Waals surface area contributed by atoms with Crippen LogP contribution in [0.1, 0.15) is 21.5 Å². The summed E-state index contributed by atoms with van der Waals surface area (Å²) in [7, 11) is 1.24. The van der Waals surface area contributed by atoms with E-state index in [1.54, 1.807) is 24.3 Å². The Kier molecular flexibility index (Phi) is 8.20. The highest BCUT2D eigenvalue weighted by Crippen LogP contribution is 2.23. The summed E-state index contributed by atoms with van der Waals surface area (Å²) < 4.78 is 4.80. The van der Waals surface area contributed by atoms with Gasteiger partial charge in [-0.3, -0.25) is 4.79 Å². The molecule has 0 saturated heterocycles. The minimum absolute atomic E-state index is 0.0507. The number of hydrogen-bond acceptors (Lipinski definition) is 6. The third-order valence-electron chi connectivity index (χ3n) is 5.02. The van der Waals surface area contributed by atoms with Crippen molar-refractivity contribution < 1.29 is 24.2 Å². The SMILES string of the molecule is COC(=O)[C@H](Cc1ccccc1)NC(=O)c1ccc(NC(=O)Nc2ccc(CN)cc2)cc1O. The highest BCUT2D eigenvalue weighted by molar-refractivity contribution is 6.02. The van der Waals surface area contributed by atoms with E-state index in [9.17, 15) is 19.5 Å². The fraction of sp³-hybridized carbons (Fsp3) is 0.160. The van der Waals surface area contributed by atoms with Gasteiger partial charge in [0.1, 0.15) is 11.8 Å². The standard InChI is InChI=1S/C25H26N4O5/c1-34-24(32)21(13-16-5-3-2-4-6-16)29-23(31)20-12-11-19(14-22(20)30)28-25(33)27-18-9-7-17(15-26)8-10-18/h2-12,14,21,30H,13,15,26H2,1H3,(H,29,31)(H2,27,28,33)/t21-/m0/s1. The van der Waals surface area contributed by atoms with Gasteiger partial charge in [0.2, 0.25) is 0 Å². The Morgan fingerprint density at radius 1 is 0.912 bits per heavy atom. The van der Waals surface area contributed by atoms with Crippen LogP contribution in [-0.4, -0.2) is 36.2 Å². The van der Waals surface area contributed by atoms with Gasteiger partial charge in [0.15, 0.2) is 0 Å². The van der Waals surface area contributed by atoms with Crippen LogP contribution in [0.2, 0.25) is 0 Å². The normalized spacial score (nSPS) is 11.2. The summed E-state index contributed by atoms with van der Waals surface area (Å²) in [5.74, 6) is -1.61. The highest BCUT2D eigenvalue weighted by atomic mass is 16.5. The van der Waals surface area contributed by atoms with E-state index < -0.39 is 23.9 Å². The van der Waals surface area contributed by atoms with Gasteiger partial charge in [0, 0.05) is 30.4 Å². The number of carbonyl (C=O) groups excluding carboxylic acids is 3. The number of hydrogen-bond donors (Lipinski definition) is 5. The smallest absolute Gasteiger partial charge is 0.328 e. The third kappa shape index (κ3) is 6.57. The van der Waals surface area contributed by atoms with E-state index in [0.29, 0.717) is 12.2 Å². The molecule has 176 valence electrons. The largest absolute Gasteiger partial charge is 0.507 e. The van der Waals surface area contributed by atoms with Crippen LogP contribution < -0.4 is 21.7 Å². The lowest BCUT2D eigenvalue weighted by Gasteiger charge is -2.17. The number of methoxy groups -OCH3 is 1. The zero-order valence-electron chi connectivity index (χ0n) is 18.6. The van der Waals surface area contributed by atoms with Gasteiger partial charge >= 0.3 is 12.0 Å². The van der Waals surface area contributed by atoms with E-state index in [4.69, 9.17) is 10.5 Å². The lowest BCUT2D eigenvalue weighted by Crippen LogP contribution is -2.43. The molecule has 0 heterocycles. The summed E-state index contributed by atoms with van der Waals surface area (Å²) in [4.78, 5) is 37.1. The minimum atomic E-state index is -0.937. The number of phenolic OH excluding ortho intramolecular Hbond substituents is 1. The van der Waals surface area contributed by atoms with E-state index in [0.717, 1.165) is 11.1 Å².